The average Bonchev–Trinajstić information content (AvgIpc) is 2.96. The van der Waals surface area contributed by atoms with Gasteiger partial charge in [-0.15, -0.1) is 0 Å². The molecule has 0 aliphatic heterocycles. The summed E-state index contributed by atoms with van der Waals surface area (Å²) >= 11 is 0. The maximum Gasteiger partial charge on any atom is 0.305 e. The number of anilines is 1. The second-order valence-corrected chi connectivity index (χ2v) is 11.7. The molecule has 0 saturated heterocycles. The lowest BCUT2D eigenvalue weighted by molar-refractivity contribution is -0.141. The van der Waals surface area contributed by atoms with Gasteiger partial charge in [-0.25, -0.2) is 0 Å². The second-order valence-electron chi connectivity index (χ2n) is 8.35. The fourth-order valence-electron chi connectivity index (χ4n) is 4.40. The number of rotatable bonds is 9. The Balaban J connectivity index is 2.11. The van der Waals surface area contributed by atoms with Crippen molar-refractivity contribution in [1.29, 1.82) is 0 Å². The van der Waals surface area contributed by atoms with Gasteiger partial charge < -0.3 is 10.1 Å². The monoisotopic (exact) mass is 509 g/mol. The molecule has 5 nitrogen and oxygen atoms in total. The number of benzene rings is 4. The highest BCUT2D eigenvalue weighted by atomic mass is 31.2. The molecular weight excluding hydrogens is 481 g/mol. The minimum absolute atomic E-state index is 0.115. The number of hydrogen-bond donors (Lipinski definition) is 1. The molecule has 0 spiro atoms. The molecule has 0 aliphatic carbocycles. The molecule has 0 heterocycles. The number of carbonyl (C=O) groups is 3. The molecule has 0 atom stereocenters. The molecule has 0 saturated carbocycles. The van der Waals surface area contributed by atoms with Gasteiger partial charge in [-0.2, -0.15) is 0 Å². The van der Waals surface area contributed by atoms with E-state index in [1.165, 1.54) is 7.11 Å². The highest BCUT2D eigenvalue weighted by Crippen LogP contribution is 2.46. The van der Waals surface area contributed by atoms with Crippen LogP contribution in [-0.4, -0.2) is 30.1 Å². The predicted octanol–water partition coefficient (Wildman–Crippen LogP) is 4.31. The van der Waals surface area contributed by atoms with Crippen molar-refractivity contribution in [1.82, 2.24) is 0 Å². The summed E-state index contributed by atoms with van der Waals surface area (Å²) in [7, 11) is 1.29. The van der Waals surface area contributed by atoms with Crippen LogP contribution in [0.3, 0.4) is 0 Å². The first-order valence-corrected chi connectivity index (χ1v) is 13.8. The number of nitrogens with one attached hydrogen (secondary N) is 1. The number of ketones is 1. The Morgan fingerprint density at radius 3 is 1.43 bits per heavy atom. The number of esters is 1. The molecule has 4 aromatic rings. The van der Waals surface area contributed by atoms with Crippen molar-refractivity contribution < 1.29 is 19.1 Å². The normalized spacial score (nSPS) is 10.8. The van der Waals surface area contributed by atoms with E-state index in [4.69, 9.17) is 4.74 Å². The number of hydrogen-bond acceptors (Lipinski definition) is 4. The molecule has 6 heteroatoms. The predicted molar refractivity (Wildman–Crippen MR) is 151 cm³/mol. The number of carbonyl (C=O) groups excluding carboxylic acids is 3. The summed E-state index contributed by atoms with van der Waals surface area (Å²) in [5, 5.41) is 5.71. The topological polar surface area (TPSA) is 72.5 Å². The molecule has 186 valence electrons. The van der Waals surface area contributed by atoms with E-state index in [1.807, 2.05) is 109 Å². The quantitative estimate of drug-likeness (QED) is 0.207. The van der Waals surface area contributed by atoms with Crippen LogP contribution in [0.2, 0.25) is 0 Å². The molecule has 0 aromatic heterocycles. The smallest absolute Gasteiger partial charge is 0.305 e. The Hall–Kier alpha value is -4.21. The van der Waals surface area contributed by atoms with Gasteiger partial charge in [0, 0.05) is 12.1 Å². The number of Topliss-reactive ketones (excluding diaryl/α,β-unsaturated/α-hetero) is 1. The minimum Gasteiger partial charge on any atom is -0.469 e. The summed E-state index contributed by atoms with van der Waals surface area (Å²) in [5.41, 5.74) is 0.582. The zero-order valence-electron chi connectivity index (χ0n) is 20.5. The molecule has 4 rings (SSSR count). The zero-order chi connectivity index (χ0) is 26.1. The SMILES string of the molecule is COC(=O)CCC(=O)C(C(=O)Nc1ccccc1)=P(c1ccccc1)(c1ccccc1)c1ccccc1. The van der Waals surface area contributed by atoms with Gasteiger partial charge in [-0.3, -0.25) is 14.4 Å². The highest BCUT2D eigenvalue weighted by molar-refractivity contribution is 7.97. The summed E-state index contributed by atoms with van der Waals surface area (Å²) < 4.78 is 4.78. The first-order chi connectivity index (χ1) is 18.1. The van der Waals surface area contributed by atoms with Crippen LogP contribution in [0, 0.1) is 0 Å². The molecule has 1 amide bonds. The van der Waals surface area contributed by atoms with Gasteiger partial charge in [0.1, 0.15) is 0 Å². The van der Waals surface area contributed by atoms with Crippen molar-refractivity contribution in [3.8, 4) is 0 Å². The van der Waals surface area contributed by atoms with Crippen LogP contribution >= 0.6 is 6.89 Å². The van der Waals surface area contributed by atoms with Crippen molar-refractivity contribution in [2.75, 3.05) is 12.4 Å². The molecule has 0 radical (unpaired) electrons. The van der Waals surface area contributed by atoms with E-state index in [2.05, 4.69) is 5.32 Å². The summed E-state index contributed by atoms with van der Waals surface area (Å²) in [5.74, 6) is -1.37. The molecule has 0 aliphatic rings. The largest absolute Gasteiger partial charge is 0.469 e. The molecule has 1 N–H and O–H groups in total. The Morgan fingerprint density at radius 1 is 0.622 bits per heavy atom. The van der Waals surface area contributed by atoms with Gasteiger partial charge in [0.15, 0.2) is 5.78 Å². The molecule has 4 aromatic carbocycles. The van der Waals surface area contributed by atoms with Crippen molar-refractivity contribution >= 4 is 51.4 Å². The highest BCUT2D eigenvalue weighted by Gasteiger charge is 2.36. The van der Waals surface area contributed by atoms with E-state index in [1.54, 1.807) is 12.1 Å². The van der Waals surface area contributed by atoms with E-state index in [0.29, 0.717) is 5.69 Å². The Kier molecular flexibility index (Phi) is 8.50. The third-order valence-electron chi connectivity index (χ3n) is 6.06. The van der Waals surface area contributed by atoms with Gasteiger partial charge in [-0.1, -0.05) is 109 Å². The van der Waals surface area contributed by atoms with Crippen molar-refractivity contribution in [2.45, 2.75) is 12.8 Å². The Morgan fingerprint density at radius 2 is 1.03 bits per heavy atom. The number of amides is 1. The Labute approximate surface area is 217 Å². The van der Waals surface area contributed by atoms with Crippen LogP contribution in [0.4, 0.5) is 5.69 Å². The standard InChI is InChI=1S/C31H28NO4P/c1-36-29(34)23-22-28(33)30(31(35)32-24-14-6-2-7-15-24)37(25-16-8-3-9-17-25,26-18-10-4-11-19-26)27-20-12-5-13-21-27/h2-21H,22-23H2,1H3,(H,32,35). The summed E-state index contributed by atoms with van der Waals surface area (Å²) in [6.07, 6.45) is -0.256. The van der Waals surface area contributed by atoms with Gasteiger partial charge in [-0.05, 0) is 34.9 Å². The molecule has 0 unspecified atom stereocenters. The van der Waals surface area contributed by atoms with Crippen molar-refractivity contribution in [3.05, 3.63) is 121 Å². The van der Waals surface area contributed by atoms with Crippen LogP contribution in [0.25, 0.3) is 0 Å². The lowest BCUT2D eigenvalue weighted by Crippen LogP contribution is -2.40. The zero-order valence-corrected chi connectivity index (χ0v) is 21.4. The summed E-state index contributed by atoms with van der Waals surface area (Å²) in [4.78, 5) is 40.2. The van der Waals surface area contributed by atoms with Crippen LogP contribution in [0.5, 0.6) is 0 Å². The third-order valence-corrected chi connectivity index (χ3v) is 10.4. The number of methoxy groups -OCH3 is 1. The first-order valence-electron chi connectivity index (χ1n) is 12.0. The van der Waals surface area contributed by atoms with Gasteiger partial charge in [0.25, 0.3) is 5.91 Å². The second kappa shape index (κ2) is 12.2. The molecular formula is C31H28NO4P. The van der Waals surface area contributed by atoms with Crippen LogP contribution < -0.4 is 21.2 Å². The molecule has 37 heavy (non-hydrogen) atoms. The van der Waals surface area contributed by atoms with Crippen LogP contribution in [-0.2, 0) is 19.1 Å². The van der Waals surface area contributed by atoms with E-state index < -0.39 is 18.8 Å². The Bertz CT molecular complexity index is 1320. The fourth-order valence-corrected chi connectivity index (χ4v) is 8.78. The summed E-state index contributed by atoms with van der Waals surface area (Å²) in [6, 6.07) is 38.1. The van der Waals surface area contributed by atoms with E-state index in [0.717, 1.165) is 15.9 Å². The van der Waals surface area contributed by atoms with E-state index >= 15 is 0 Å². The van der Waals surface area contributed by atoms with Gasteiger partial charge in [0.2, 0.25) is 0 Å². The lowest BCUT2D eigenvalue weighted by Gasteiger charge is -2.32. The van der Waals surface area contributed by atoms with E-state index in [9.17, 15) is 14.4 Å². The minimum atomic E-state index is -2.98. The maximum absolute atomic E-state index is 14.2. The van der Waals surface area contributed by atoms with Crippen LogP contribution in [0.1, 0.15) is 12.8 Å². The fraction of sp³-hybridized carbons (Fsp3) is 0.0968. The lowest BCUT2D eigenvalue weighted by atomic mass is 10.1. The van der Waals surface area contributed by atoms with E-state index in [-0.39, 0.29) is 23.9 Å². The van der Waals surface area contributed by atoms with Crippen molar-refractivity contribution in [2.24, 2.45) is 0 Å². The summed E-state index contributed by atoms with van der Waals surface area (Å²) in [6.45, 7) is -2.98. The average molecular weight is 510 g/mol. The number of ether oxygens (including phenoxy) is 1. The van der Waals surface area contributed by atoms with Gasteiger partial charge >= 0.3 is 5.97 Å². The first kappa shape index (κ1) is 25.9. The third kappa shape index (κ3) is 5.63. The van der Waals surface area contributed by atoms with Crippen LogP contribution in [0.15, 0.2) is 121 Å². The maximum atomic E-state index is 14.2. The van der Waals surface area contributed by atoms with Crippen molar-refractivity contribution in [3.63, 3.8) is 0 Å². The molecule has 0 bridgehead atoms. The number of para-hydroxylation sites is 1. The molecule has 0 fully saturated rings. The van der Waals surface area contributed by atoms with Gasteiger partial charge in [0.05, 0.1) is 18.8 Å².